The molecule has 1 amide bonds. The van der Waals surface area contributed by atoms with E-state index in [2.05, 4.69) is 4.98 Å². The number of aromatic amines is 1. The molecule has 3 nitrogen and oxygen atoms in total. The van der Waals surface area contributed by atoms with E-state index < -0.39 is 0 Å². The van der Waals surface area contributed by atoms with Gasteiger partial charge in [-0.05, 0) is 18.6 Å². The van der Waals surface area contributed by atoms with Crippen LogP contribution in [0.4, 0.5) is 0 Å². The first-order valence-corrected chi connectivity index (χ1v) is 4.55. The van der Waals surface area contributed by atoms with Gasteiger partial charge in [-0.2, -0.15) is 0 Å². The minimum absolute atomic E-state index is 0. The number of benzene rings is 1. The van der Waals surface area contributed by atoms with Crippen LogP contribution < -0.4 is 5.73 Å². The maximum absolute atomic E-state index is 11.0. The summed E-state index contributed by atoms with van der Waals surface area (Å²) in [5.41, 5.74) is 7.27. The number of carbonyl (C=O) groups is 1. The third-order valence-electron chi connectivity index (χ3n) is 2.51. The summed E-state index contributed by atoms with van der Waals surface area (Å²) < 4.78 is 0. The fourth-order valence-corrected chi connectivity index (χ4v) is 1.61. The first kappa shape index (κ1) is 12.3. The van der Waals surface area contributed by atoms with E-state index >= 15 is 0 Å². The zero-order valence-electron chi connectivity index (χ0n) is 7.95. The summed E-state index contributed by atoms with van der Waals surface area (Å²) in [6, 6.07) is 7.87. The molecule has 3 N–H and O–H groups in total. The van der Waals surface area contributed by atoms with Crippen molar-refractivity contribution in [3.8, 4) is 0 Å². The number of nitrogens with one attached hydrogen (secondary N) is 1. The van der Waals surface area contributed by atoms with Gasteiger partial charge < -0.3 is 10.7 Å². The molecule has 0 saturated carbocycles. The van der Waals surface area contributed by atoms with E-state index in [9.17, 15) is 4.79 Å². The van der Waals surface area contributed by atoms with Crippen LogP contribution in [0.1, 0.15) is 18.4 Å². The van der Waals surface area contributed by atoms with Crippen LogP contribution in [0.5, 0.6) is 0 Å². The quantitative estimate of drug-likeness (QED) is 0.720. The average Bonchev–Trinajstić information content (AvgIpc) is 2.60. The molecule has 1 unspecified atom stereocenters. The number of rotatable bonds is 2. The molecule has 74 valence electrons. The Kier molecular flexibility index (Phi) is 3.97. The molecule has 1 atom stereocenters. The first-order valence-electron chi connectivity index (χ1n) is 4.55. The standard InChI is InChI=1S/C11H12N2O.Na.H/c1-7(11(12)14)9-6-13-10-5-3-2-4-8(9)10;;/h2-7,13H,1H3,(H2,12,14);;. The van der Waals surface area contributed by atoms with Crippen molar-refractivity contribution in [2.75, 3.05) is 0 Å². The fraction of sp³-hybridized carbons (Fsp3) is 0.182. The summed E-state index contributed by atoms with van der Waals surface area (Å²) in [7, 11) is 0. The van der Waals surface area contributed by atoms with Crippen LogP contribution in [0.2, 0.25) is 0 Å². The predicted molar refractivity (Wildman–Crippen MR) is 63.1 cm³/mol. The van der Waals surface area contributed by atoms with Crippen LogP contribution >= 0.6 is 0 Å². The van der Waals surface area contributed by atoms with E-state index in [1.54, 1.807) is 0 Å². The number of H-pyrrole nitrogens is 1. The zero-order chi connectivity index (χ0) is 10.1. The van der Waals surface area contributed by atoms with Crippen molar-refractivity contribution in [3.63, 3.8) is 0 Å². The Hall–Kier alpha value is -0.770. The van der Waals surface area contributed by atoms with Crippen molar-refractivity contribution >= 4 is 46.4 Å². The molecular formula is C11H13N2NaO. The Balaban J connectivity index is 0.00000112. The van der Waals surface area contributed by atoms with Crippen LogP contribution in [-0.2, 0) is 4.79 Å². The van der Waals surface area contributed by atoms with E-state index in [1.165, 1.54) is 0 Å². The van der Waals surface area contributed by atoms with Crippen molar-refractivity contribution in [1.82, 2.24) is 4.98 Å². The predicted octanol–water partition coefficient (Wildman–Crippen LogP) is 1.11. The summed E-state index contributed by atoms with van der Waals surface area (Å²) in [5.74, 6) is -0.541. The molecule has 2 rings (SSSR count). The third-order valence-corrected chi connectivity index (χ3v) is 2.51. The number of amides is 1. The van der Waals surface area contributed by atoms with Gasteiger partial charge in [0.2, 0.25) is 5.91 Å². The molecule has 0 aliphatic carbocycles. The third kappa shape index (κ3) is 2.25. The average molecular weight is 212 g/mol. The van der Waals surface area contributed by atoms with Crippen molar-refractivity contribution < 1.29 is 4.79 Å². The van der Waals surface area contributed by atoms with Gasteiger partial charge in [0.25, 0.3) is 0 Å². The fourth-order valence-electron chi connectivity index (χ4n) is 1.61. The summed E-state index contributed by atoms with van der Waals surface area (Å²) in [5, 5.41) is 1.07. The molecule has 1 aromatic carbocycles. The summed E-state index contributed by atoms with van der Waals surface area (Å²) in [6.07, 6.45) is 1.85. The van der Waals surface area contributed by atoms with Gasteiger partial charge >= 0.3 is 29.6 Å². The van der Waals surface area contributed by atoms with Gasteiger partial charge in [-0.25, -0.2) is 0 Å². The Bertz CT molecular complexity index is 478. The molecule has 15 heavy (non-hydrogen) atoms. The second-order valence-corrected chi connectivity index (χ2v) is 3.41. The topological polar surface area (TPSA) is 58.9 Å². The van der Waals surface area contributed by atoms with Gasteiger partial charge in [-0.1, -0.05) is 18.2 Å². The molecule has 0 fully saturated rings. The van der Waals surface area contributed by atoms with Gasteiger partial charge in [0.15, 0.2) is 0 Å². The summed E-state index contributed by atoms with van der Waals surface area (Å²) in [6.45, 7) is 1.82. The second kappa shape index (κ2) is 4.84. The van der Waals surface area contributed by atoms with E-state index in [0.717, 1.165) is 16.5 Å². The van der Waals surface area contributed by atoms with Crippen molar-refractivity contribution in [3.05, 3.63) is 36.0 Å². The second-order valence-electron chi connectivity index (χ2n) is 3.41. The van der Waals surface area contributed by atoms with Crippen LogP contribution in [0, 0.1) is 0 Å². The molecule has 1 heterocycles. The molecule has 4 heteroatoms. The molecule has 0 radical (unpaired) electrons. The number of primary amides is 1. The normalized spacial score (nSPS) is 12.1. The Morgan fingerprint density at radius 3 is 2.73 bits per heavy atom. The number of fused-ring (bicyclic) bond motifs is 1. The zero-order valence-corrected chi connectivity index (χ0v) is 7.95. The van der Waals surface area contributed by atoms with Gasteiger partial charge in [-0.3, -0.25) is 4.79 Å². The Morgan fingerprint density at radius 2 is 2.07 bits per heavy atom. The number of para-hydroxylation sites is 1. The van der Waals surface area contributed by atoms with E-state index in [4.69, 9.17) is 5.73 Å². The van der Waals surface area contributed by atoms with Gasteiger partial charge in [0, 0.05) is 17.1 Å². The van der Waals surface area contributed by atoms with Gasteiger partial charge in [0.1, 0.15) is 0 Å². The molecule has 0 aliphatic heterocycles. The Labute approximate surface area is 110 Å². The number of aromatic nitrogens is 1. The first-order chi connectivity index (χ1) is 6.70. The minimum atomic E-state index is -0.297. The van der Waals surface area contributed by atoms with Crippen LogP contribution in [0.3, 0.4) is 0 Å². The van der Waals surface area contributed by atoms with Crippen LogP contribution in [0.15, 0.2) is 30.5 Å². The molecule has 0 aliphatic rings. The molecule has 0 saturated heterocycles. The van der Waals surface area contributed by atoms with Crippen molar-refractivity contribution in [2.24, 2.45) is 5.73 Å². The van der Waals surface area contributed by atoms with Crippen molar-refractivity contribution in [1.29, 1.82) is 0 Å². The van der Waals surface area contributed by atoms with Crippen LogP contribution in [-0.4, -0.2) is 40.4 Å². The van der Waals surface area contributed by atoms with E-state index in [1.807, 2.05) is 37.4 Å². The summed E-state index contributed by atoms with van der Waals surface area (Å²) in [4.78, 5) is 14.2. The monoisotopic (exact) mass is 212 g/mol. The Morgan fingerprint density at radius 1 is 1.40 bits per heavy atom. The van der Waals surface area contributed by atoms with Gasteiger partial charge in [0.05, 0.1) is 5.92 Å². The number of hydrogen-bond acceptors (Lipinski definition) is 1. The number of nitrogens with two attached hydrogens (primary N) is 1. The SMILES string of the molecule is CC(C(N)=O)c1c[nH]c2ccccc12.[NaH]. The molecule has 1 aromatic heterocycles. The number of hydrogen-bond donors (Lipinski definition) is 2. The molecule has 0 spiro atoms. The van der Waals surface area contributed by atoms with Gasteiger partial charge in [-0.15, -0.1) is 0 Å². The van der Waals surface area contributed by atoms with Crippen molar-refractivity contribution in [2.45, 2.75) is 12.8 Å². The summed E-state index contributed by atoms with van der Waals surface area (Å²) >= 11 is 0. The van der Waals surface area contributed by atoms with Crippen LogP contribution in [0.25, 0.3) is 10.9 Å². The van der Waals surface area contributed by atoms with E-state index in [-0.39, 0.29) is 41.4 Å². The maximum atomic E-state index is 11.0. The molecule has 2 aromatic rings. The molecular weight excluding hydrogens is 199 g/mol. The molecule has 0 bridgehead atoms. The van der Waals surface area contributed by atoms with E-state index in [0.29, 0.717) is 0 Å². The number of carbonyl (C=O) groups excluding carboxylic acids is 1.